The molecule has 1 N–H and O–H groups in total. The number of hydrogen-bond acceptors (Lipinski definition) is 3. The van der Waals surface area contributed by atoms with Crippen LogP contribution in [0.25, 0.3) is 0 Å². The van der Waals surface area contributed by atoms with E-state index >= 15 is 0 Å². The van der Waals surface area contributed by atoms with Gasteiger partial charge in [0.15, 0.2) is 9.73 Å². The number of rotatable bonds is 5. The summed E-state index contributed by atoms with van der Waals surface area (Å²) in [6.45, 7) is 2.58. The normalized spacial score (nSPS) is 15.7. The second kappa shape index (κ2) is 7.08. The van der Waals surface area contributed by atoms with Gasteiger partial charge < -0.3 is 5.32 Å². The van der Waals surface area contributed by atoms with Crippen LogP contribution in [0.15, 0.2) is 33.5 Å². The van der Waals surface area contributed by atoms with Gasteiger partial charge in [-0.25, -0.2) is 13.0 Å². The van der Waals surface area contributed by atoms with Gasteiger partial charge in [-0.05, 0) is 37.6 Å². The molecule has 22 heavy (non-hydrogen) atoms. The zero-order chi connectivity index (χ0) is 17.0. The molecule has 0 heterocycles. The van der Waals surface area contributed by atoms with Crippen LogP contribution >= 0.6 is 0 Å². The summed E-state index contributed by atoms with van der Waals surface area (Å²) in [5.74, 6) is -1.52. The van der Waals surface area contributed by atoms with Crippen LogP contribution in [-0.4, -0.2) is 28.2 Å². The van der Waals surface area contributed by atoms with Crippen molar-refractivity contribution in [1.82, 2.24) is 5.32 Å². The fraction of sp³-hybridized carbons (Fsp3) is 0.462. The van der Waals surface area contributed by atoms with Crippen molar-refractivity contribution < 1.29 is 26.6 Å². The van der Waals surface area contributed by atoms with Crippen LogP contribution in [0.5, 0.6) is 0 Å². The second-order valence-electron chi connectivity index (χ2n) is 4.59. The summed E-state index contributed by atoms with van der Waals surface area (Å²) in [7, 11) is -4.84. The molecule has 0 saturated carbocycles. The van der Waals surface area contributed by atoms with Crippen molar-refractivity contribution >= 4 is 15.6 Å². The third-order valence-corrected chi connectivity index (χ3v) is 4.89. The highest BCUT2D eigenvalue weighted by Gasteiger charge is 2.44. The molecule has 9 heteroatoms. The van der Waals surface area contributed by atoms with E-state index in [1.54, 1.807) is 13.8 Å². The van der Waals surface area contributed by atoms with Gasteiger partial charge in [0.05, 0.1) is 4.90 Å². The van der Waals surface area contributed by atoms with Gasteiger partial charge in [0.1, 0.15) is 12.4 Å². The van der Waals surface area contributed by atoms with Crippen molar-refractivity contribution in [1.29, 1.82) is 0 Å². The van der Waals surface area contributed by atoms with E-state index in [1.165, 1.54) is 0 Å². The van der Waals surface area contributed by atoms with E-state index in [-0.39, 0.29) is 6.04 Å². The third-order valence-electron chi connectivity index (χ3n) is 2.86. The Balaban J connectivity index is 3.13. The van der Waals surface area contributed by atoms with Crippen molar-refractivity contribution in [2.75, 3.05) is 6.54 Å². The predicted octanol–water partition coefficient (Wildman–Crippen LogP) is 3.09. The molecule has 0 spiro atoms. The van der Waals surface area contributed by atoms with Gasteiger partial charge in [-0.3, -0.25) is 4.79 Å². The van der Waals surface area contributed by atoms with Crippen LogP contribution in [0.4, 0.5) is 17.6 Å². The molecule has 0 unspecified atom stereocenters. The maximum absolute atomic E-state index is 13.1. The topological polar surface area (TPSA) is 58.5 Å². The van der Waals surface area contributed by atoms with Gasteiger partial charge in [0.25, 0.3) is 0 Å². The summed E-state index contributed by atoms with van der Waals surface area (Å²) in [5, 5.41) is 2.43. The monoisotopic (exact) mass is 340 g/mol. The molecule has 4 nitrogen and oxygen atoms in total. The lowest BCUT2D eigenvalue weighted by molar-refractivity contribution is -0.120. The van der Waals surface area contributed by atoms with Crippen molar-refractivity contribution in [3.8, 4) is 0 Å². The standard InChI is InChI=1S/C13H16F4N2O2S/c1-3-9(2)19-12(20)8-18-22(21,13(15,16)17)11-6-4-10(14)5-7-11/h4-7,9H,3,8H2,1-2H3,(H,19,20)/t9-,22-/m1/s1. The first-order chi connectivity index (χ1) is 10.1. The number of halogens is 4. The van der Waals surface area contributed by atoms with Crippen LogP contribution in [0, 0.1) is 5.82 Å². The largest absolute Gasteiger partial charge is 0.483 e. The van der Waals surface area contributed by atoms with Crippen molar-refractivity contribution in [3.05, 3.63) is 30.1 Å². The Hall–Kier alpha value is -1.64. The molecule has 1 rings (SSSR count). The molecule has 0 aliphatic heterocycles. The molecule has 1 amide bonds. The molecule has 1 aromatic carbocycles. The van der Waals surface area contributed by atoms with Gasteiger partial charge in [0.2, 0.25) is 5.91 Å². The van der Waals surface area contributed by atoms with Crippen molar-refractivity contribution in [2.45, 2.75) is 36.7 Å². The number of nitrogens with one attached hydrogen (secondary N) is 1. The second-order valence-corrected chi connectivity index (χ2v) is 6.83. The van der Waals surface area contributed by atoms with Gasteiger partial charge >= 0.3 is 5.51 Å². The minimum Gasteiger partial charge on any atom is -0.352 e. The van der Waals surface area contributed by atoms with E-state index in [0.717, 1.165) is 24.3 Å². The molecule has 124 valence electrons. The Labute approximate surface area is 126 Å². The van der Waals surface area contributed by atoms with E-state index in [4.69, 9.17) is 0 Å². The lowest BCUT2D eigenvalue weighted by Crippen LogP contribution is -2.34. The average molecular weight is 340 g/mol. The fourth-order valence-electron chi connectivity index (χ4n) is 1.47. The maximum Gasteiger partial charge on any atom is 0.483 e. The molecule has 0 fully saturated rings. The summed E-state index contributed by atoms with van der Waals surface area (Å²) >= 11 is 0. The molecule has 0 aromatic heterocycles. The van der Waals surface area contributed by atoms with E-state index < -0.39 is 38.4 Å². The zero-order valence-corrected chi connectivity index (χ0v) is 12.8. The van der Waals surface area contributed by atoms with Crippen LogP contribution in [-0.2, 0) is 14.5 Å². The van der Waals surface area contributed by atoms with E-state index in [1.807, 2.05) is 0 Å². The first kappa shape index (κ1) is 18.4. The summed E-state index contributed by atoms with van der Waals surface area (Å²) in [4.78, 5) is 10.8. The van der Waals surface area contributed by atoms with Gasteiger partial charge in [-0.1, -0.05) is 6.92 Å². The first-order valence-corrected chi connectivity index (χ1v) is 7.96. The highest BCUT2D eigenvalue weighted by molar-refractivity contribution is 7.94. The Morgan fingerprint density at radius 1 is 1.32 bits per heavy atom. The minimum absolute atomic E-state index is 0.226. The van der Waals surface area contributed by atoms with E-state index in [2.05, 4.69) is 9.68 Å². The Bertz CT molecular complexity index is 634. The Morgan fingerprint density at radius 2 is 1.86 bits per heavy atom. The quantitative estimate of drug-likeness (QED) is 0.838. The van der Waals surface area contributed by atoms with Crippen LogP contribution in [0.1, 0.15) is 20.3 Å². The predicted molar refractivity (Wildman–Crippen MR) is 74.1 cm³/mol. The smallest absolute Gasteiger partial charge is 0.352 e. The number of benzene rings is 1. The number of alkyl halides is 3. The van der Waals surface area contributed by atoms with Crippen molar-refractivity contribution in [2.24, 2.45) is 4.36 Å². The molecule has 0 radical (unpaired) electrons. The first-order valence-electron chi connectivity index (χ1n) is 6.44. The summed E-state index contributed by atoms with van der Waals surface area (Å²) in [6, 6.07) is 2.79. The molecule has 1 aromatic rings. The van der Waals surface area contributed by atoms with Gasteiger partial charge in [-0.15, -0.1) is 0 Å². The fourth-order valence-corrected chi connectivity index (χ4v) is 2.84. The maximum atomic E-state index is 13.1. The lowest BCUT2D eigenvalue weighted by Gasteiger charge is -2.15. The molecule has 2 atom stereocenters. The molecule has 0 aliphatic rings. The SMILES string of the molecule is CC[C@@H](C)NC(=O)CN=[S@@](=O)(c1ccc(F)cc1)C(F)(F)F. The Morgan fingerprint density at radius 3 is 2.32 bits per heavy atom. The lowest BCUT2D eigenvalue weighted by atomic mass is 10.2. The molecule has 0 aliphatic carbocycles. The number of hydrogen-bond donors (Lipinski definition) is 1. The average Bonchev–Trinajstić information content (AvgIpc) is 2.44. The number of nitrogens with zero attached hydrogens (tertiary/aromatic N) is 1. The third kappa shape index (κ3) is 4.43. The number of carbonyl (C=O) groups excluding carboxylic acids is 1. The van der Waals surface area contributed by atoms with Crippen LogP contribution < -0.4 is 5.32 Å². The molecular formula is C13H16F4N2O2S. The highest BCUT2D eigenvalue weighted by atomic mass is 32.2. The number of amides is 1. The highest BCUT2D eigenvalue weighted by Crippen LogP contribution is 2.32. The summed E-state index contributed by atoms with van der Waals surface area (Å²) < 4.78 is 67.3. The summed E-state index contributed by atoms with van der Waals surface area (Å²) in [5.41, 5.74) is -5.17. The number of carbonyl (C=O) groups is 1. The summed E-state index contributed by atoms with van der Waals surface area (Å²) in [6.07, 6.45) is 0.596. The molecule has 0 bridgehead atoms. The van der Waals surface area contributed by atoms with Crippen LogP contribution in [0.3, 0.4) is 0 Å². The molecular weight excluding hydrogens is 324 g/mol. The zero-order valence-electron chi connectivity index (χ0n) is 12.0. The van der Waals surface area contributed by atoms with E-state index in [9.17, 15) is 26.6 Å². The van der Waals surface area contributed by atoms with Gasteiger partial charge in [0, 0.05) is 6.04 Å². The Kier molecular flexibility index (Phi) is 5.92. The van der Waals surface area contributed by atoms with E-state index in [0.29, 0.717) is 6.42 Å². The minimum atomic E-state index is -5.17. The van der Waals surface area contributed by atoms with Gasteiger partial charge in [-0.2, -0.15) is 13.2 Å². The molecule has 0 saturated heterocycles. The van der Waals surface area contributed by atoms with Crippen LogP contribution in [0.2, 0.25) is 0 Å². The van der Waals surface area contributed by atoms with Crippen molar-refractivity contribution in [3.63, 3.8) is 0 Å².